The summed E-state index contributed by atoms with van der Waals surface area (Å²) in [6.45, 7) is 1.84. The van der Waals surface area contributed by atoms with E-state index in [0.29, 0.717) is 10.6 Å². The first-order valence-electron chi connectivity index (χ1n) is 4.09. The first kappa shape index (κ1) is 10.8. The van der Waals surface area contributed by atoms with Crippen LogP contribution in [0.1, 0.15) is 15.2 Å². The number of hydrogen-bond donors (Lipinski definition) is 1. The zero-order valence-electron chi connectivity index (χ0n) is 8.63. The minimum Gasteiger partial charge on any atom is -0.493 e. The van der Waals surface area contributed by atoms with E-state index in [4.69, 9.17) is 4.74 Å². The third-order valence-corrected chi connectivity index (χ3v) is 3.16. The Morgan fingerprint density at radius 3 is 2.43 bits per heavy atom. The standard InChI is InChI=1S/C9H13NO3S/c1-5-6(12-3)8(10-2)14-7(5)9(11)13-4/h10H,1-4H3. The van der Waals surface area contributed by atoms with Gasteiger partial charge in [-0.3, -0.25) is 0 Å². The predicted molar refractivity (Wildman–Crippen MR) is 56.5 cm³/mol. The molecule has 0 unspecified atom stereocenters. The van der Waals surface area contributed by atoms with Crippen LogP contribution in [-0.4, -0.2) is 27.2 Å². The highest BCUT2D eigenvalue weighted by atomic mass is 32.1. The van der Waals surface area contributed by atoms with Crippen LogP contribution in [0.5, 0.6) is 5.75 Å². The average molecular weight is 215 g/mol. The number of carbonyl (C=O) groups is 1. The molecule has 1 aromatic rings. The highest BCUT2D eigenvalue weighted by Gasteiger charge is 2.20. The number of anilines is 1. The third kappa shape index (κ3) is 1.68. The van der Waals surface area contributed by atoms with E-state index >= 15 is 0 Å². The molecule has 0 aliphatic heterocycles. The monoisotopic (exact) mass is 215 g/mol. The maximum atomic E-state index is 11.3. The SMILES string of the molecule is CNc1sc(C(=O)OC)c(C)c1OC. The van der Waals surface area contributed by atoms with Gasteiger partial charge in [0, 0.05) is 12.6 Å². The summed E-state index contributed by atoms with van der Waals surface area (Å²) in [6.07, 6.45) is 0. The van der Waals surface area contributed by atoms with Gasteiger partial charge in [0.15, 0.2) is 5.75 Å². The quantitative estimate of drug-likeness (QED) is 0.782. The van der Waals surface area contributed by atoms with Crippen LogP contribution in [0.2, 0.25) is 0 Å². The second kappa shape index (κ2) is 4.32. The third-order valence-electron chi connectivity index (χ3n) is 1.89. The fourth-order valence-electron chi connectivity index (χ4n) is 1.20. The molecule has 0 aliphatic carbocycles. The Labute approximate surface area is 86.8 Å². The van der Waals surface area contributed by atoms with Crippen LogP contribution in [0.4, 0.5) is 5.00 Å². The van der Waals surface area contributed by atoms with Gasteiger partial charge in [-0.05, 0) is 6.92 Å². The van der Waals surface area contributed by atoms with E-state index in [2.05, 4.69) is 10.1 Å². The summed E-state index contributed by atoms with van der Waals surface area (Å²) in [4.78, 5) is 11.9. The predicted octanol–water partition coefficient (Wildman–Crippen LogP) is 1.89. The number of ether oxygens (including phenoxy) is 2. The molecule has 0 saturated carbocycles. The van der Waals surface area contributed by atoms with Gasteiger partial charge in [0.2, 0.25) is 0 Å². The van der Waals surface area contributed by atoms with Gasteiger partial charge in [0.1, 0.15) is 9.88 Å². The van der Waals surface area contributed by atoms with E-state index in [-0.39, 0.29) is 5.97 Å². The molecule has 0 atom stereocenters. The average Bonchev–Trinajstić information content (AvgIpc) is 2.53. The van der Waals surface area contributed by atoms with Gasteiger partial charge in [-0.1, -0.05) is 0 Å². The molecule has 0 bridgehead atoms. The van der Waals surface area contributed by atoms with Crippen molar-refractivity contribution in [3.63, 3.8) is 0 Å². The van der Waals surface area contributed by atoms with Crippen molar-refractivity contribution in [2.24, 2.45) is 0 Å². The first-order valence-corrected chi connectivity index (χ1v) is 4.90. The van der Waals surface area contributed by atoms with Crippen LogP contribution >= 0.6 is 11.3 Å². The fraction of sp³-hybridized carbons (Fsp3) is 0.444. The van der Waals surface area contributed by atoms with Crippen molar-refractivity contribution in [2.45, 2.75) is 6.92 Å². The summed E-state index contributed by atoms with van der Waals surface area (Å²) in [5.41, 5.74) is 0.814. The summed E-state index contributed by atoms with van der Waals surface area (Å²) in [5.74, 6) is 0.380. The molecular formula is C9H13NO3S. The van der Waals surface area contributed by atoms with Gasteiger partial charge in [0.25, 0.3) is 0 Å². The minimum absolute atomic E-state index is 0.327. The normalized spacial score (nSPS) is 9.71. The van der Waals surface area contributed by atoms with Gasteiger partial charge in [0.05, 0.1) is 14.2 Å². The fourth-order valence-corrected chi connectivity index (χ4v) is 2.24. The number of carbonyl (C=O) groups excluding carboxylic acids is 1. The Balaban J connectivity index is 3.20. The van der Waals surface area contributed by atoms with Gasteiger partial charge in [-0.2, -0.15) is 0 Å². The lowest BCUT2D eigenvalue weighted by molar-refractivity contribution is 0.0605. The minimum atomic E-state index is -0.327. The molecule has 0 fully saturated rings. The second-order valence-corrected chi connectivity index (χ2v) is 3.68. The van der Waals surface area contributed by atoms with Crippen LogP contribution in [0.15, 0.2) is 0 Å². The Morgan fingerprint density at radius 2 is 2.07 bits per heavy atom. The van der Waals surface area contributed by atoms with Crippen LogP contribution in [0.3, 0.4) is 0 Å². The maximum absolute atomic E-state index is 11.3. The van der Waals surface area contributed by atoms with Crippen molar-refractivity contribution in [2.75, 3.05) is 26.6 Å². The molecule has 0 saturated heterocycles. The van der Waals surface area contributed by atoms with E-state index < -0.39 is 0 Å². The molecule has 14 heavy (non-hydrogen) atoms. The van der Waals surface area contributed by atoms with Crippen molar-refractivity contribution < 1.29 is 14.3 Å². The number of thiophene rings is 1. The van der Waals surface area contributed by atoms with Gasteiger partial charge >= 0.3 is 5.97 Å². The number of nitrogens with one attached hydrogen (secondary N) is 1. The van der Waals surface area contributed by atoms with E-state index in [1.54, 1.807) is 14.2 Å². The lowest BCUT2D eigenvalue weighted by Gasteiger charge is -2.01. The van der Waals surface area contributed by atoms with Gasteiger partial charge in [-0.25, -0.2) is 4.79 Å². The number of rotatable bonds is 3. The maximum Gasteiger partial charge on any atom is 0.348 e. The lowest BCUT2D eigenvalue weighted by atomic mass is 10.2. The Morgan fingerprint density at radius 1 is 1.43 bits per heavy atom. The molecule has 0 aliphatic rings. The molecular weight excluding hydrogens is 202 g/mol. The highest BCUT2D eigenvalue weighted by molar-refractivity contribution is 7.18. The van der Waals surface area contributed by atoms with Crippen molar-refractivity contribution in [1.29, 1.82) is 0 Å². The number of esters is 1. The zero-order valence-corrected chi connectivity index (χ0v) is 9.45. The number of hydrogen-bond acceptors (Lipinski definition) is 5. The largest absolute Gasteiger partial charge is 0.493 e. The van der Waals surface area contributed by atoms with Crippen molar-refractivity contribution >= 4 is 22.3 Å². The number of methoxy groups -OCH3 is 2. The summed E-state index contributed by atoms with van der Waals surface area (Å²) in [6, 6.07) is 0. The lowest BCUT2D eigenvalue weighted by Crippen LogP contribution is -2.00. The highest BCUT2D eigenvalue weighted by Crippen LogP contribution is 2.39. The van der Waals surface area contributed by atoms with Crippen LogP contribution in [0.25, 0.3) is 0 Å². The van der Waals surface area contributed by atoms with Crippen LogP contribution in [-0.2, 0) is 4.74 Å². The van der Waals surface area contributed by atoms with E-state index in [9.17, 15) is 4.79 Å². The molecule has 1 aromatic heterocycles. The summed E-state index contributed by atoms with van der Waals surface area (Å²) >= 11 is 1.33. The molecule has 78 valence electrons. The topological polar surface area (TPSA) is 47.6 Å². The Bertz CT molecular complexity index is 346. The molecule has 0 amide bonds. The summed E-state index contributed by atoms with van der Waals surface area (Å²) in [7, 11) is 4.73. The zero-order chi connectivity index (χ0) is 10.7. The van der Waals surface area contributed by atoms with Crippen LogP contribution < -0.4 is 10.1 Å². The first-order chi connectivity index (χ1) is 6.65. The molecule has 1 rings (SSSR count). The summed E-state index contributed by atoms with van der Waals surface area (Å²) < 4.78 is 9.85. The summed E-state index contributed by atoms with van der Waals surface area (Å²) in [5, 5.41) is 3.81. The van der Waals surface area contributed by atoms with E-state index in [1.165, 1.54) is 18.4 Å². The molecule has 1 heterocycles. The molecule has 4 nitrogen and oxygen atoms in total. The van der Waals surface area contributed by atoms with Gasteiger partial charge < -0.3 is 14.8 Å². The Kier molecular flexibility index (Phi) is 3.35. The molecule has 0 aromatic carbocycles. The van der Waals surface area contributed by atoms with E-state index in [1.807, 2.05) is 6.92 Å². The van der Waals surface area contributed by atoms with Crippen molar-refractivity contribution in [3.8, 4) is 5.75 Å². The van der Waals surface area contributed by atoms with Gasteiger partial charge in [-0.15, -0.1) is 11.3 Å². The Hall–Kier alpha value is -1.23. The van der Waals surface area contributed by atoms with Crippen molar-refractivity contribution in [1.82, 2.24) is 0 Å². The van der Waals surface area contributed by atoms with E-state index in [0.717, 1.165) is 10.6 Å². The molecule has 5 heteroatoms. The smallest absolute Gasteiger partial charge is 0.348 e. The van der Waals surface area contributed by atoms with Crippen LogP contribution in [0, 0.1) is 6.92 Å². The second-order valence-electron chi connectivity index (χ2n) is 2.66. The molecule has 0 radical (unpaired) electrons. The molecule has 1 N–H and O–H groups in total. The van der Waals surface area contributed by atoms with Crippen molar-refractivity contribution in [3.05, 3.63) is 10.4 Å². The molecule has 0 spiro atoms.